The summed E-state index contributed by atoms with van der Waals surface area (Å²) in [5.41, 5.74) is 2.57. The number of aliphatic carboxylic acids is 1. The molecule has 0 unspecified atom stereocenters. The lowest BCUT2D eigenvalue weighted by molar-refractivity contribution is -0.131. The Morgan fingerprint density at radius 1 is 1.20 bits per heavy atom. The van der Waals surface area contributed by atoms with E-state index in [1.165, 1.54) is 6.08 Å². The van der Waals surface area contributed by atoms with Crippen molar-refractivity contribution in [3.63, 3.8) is 0 Å². The van der Waals surface area contributed by atoms with Gasteiger partial charge in [-0.15, -0.1) is 0 Å². The van der Waals surface area contributed by atoms with E-state index in [4.69, 9.17) is 33.0 Å². The Labute approximate surface area is 154 Å². The van der Waals surface area contributed by atoms with E-state index in [2.05, 4.69) is 0 Å². The summed E-state index contributed by atoms with van der Waals surface area (Å²) in [5, 5.41) is 10.9. The molecule has 6 heteroatoms. The maximum absolute atomic E-state index is 10.9. The molecular formula is C19H15Cl2NO3. The Hall–Kier alpha value is -2.43. The van der Waals surface area contributed by atoms with Gasteiger partial charge in [0.25, 0.3) is 0 Å². The fraction of sp³-hybridized carbons (Fsp3) is 0.105. The largest absolute Gasteiger partial charge is 0.497 e. The molecule has 0 aliphatic heterocycles. The molecule has 0 spiro atoms. The highest BCUT2D eigenvalue weighted by molar-refractivity contribution is 6.33. The summed E-state index contributed by atoms with van der Waals surface area (Å²) in [5.74, 6) is -0.352. The second-order valence-corrected chi connectivity index (χ2v) is 6.27. The topological polar surface area (TPSA) is 51.5 Å². The predicted octanol–water partition coefficient (Wildman–Crippen LogP) is 5.10. The van der Waals surface area contributed by atoms with Gasteiger partial charge in [0.05, 0.1) is 12.6 Å². The summed E-state index contributed by atoms with van der Waals surface area (Å²) in [7, 11) is 1.58. The number of aromatic nitrogens is 1. The van der Waals surface area contributed by atoms with Gasteiger partial charge >= 0.3 is 5.97 Å². The van der Waals surface area contributed by atoms with Gasteiger partial charge in [0.2, 0.25) is 0 Å². The molecule has 2 aromatic carbocycles. The molecular weight excluding hydrogens is 361 g/mol. The molecule has 0 aliphatic carbocycles. The minimum atomic E-state index is -1.03. The number of fused-ring (bicyclic) bond motifs is 1. The van der Waals surface area contributed by atoms with E-state index in [-0.39, 0.29) is 0 Å². The molecule has 0 radical (unpaired) electrons. The van der Waals surface area contributed by atoms with E-state index in [9.17, 15) is 4.79 Å². The van der Waals surface area contributed by atoms with Gasteiger partial charge in [-0.05, 0) is 42.0 Å². The number of carboxylic acids is 1. The zero-order chi connectivity index (χ0) is 18.0. The average molecular weight is 376 g/mol. The van der Waals surface area contributed by atoms with Crippen molar-refractivity contribution in [2.75, 3.05) is 7.11 Å². The molecule has 3 rings (SSSR count). The smallest absolute Gasteiger partial charge is 0.328 e. The first-order valence-electron chi connectivity index (χ1n) is 7.51. The third-order valence-corrected chi connectivity index (χ3v) is 4.55. The second-order valence-electron chi connectivity index (χ2n) is 5.47. The molecule has 128 valence electrons. The van der Waals surface area contributed by atoms with Crippen molar-refractivity contribution in [3.05, 3.63) is 69.8 Å². The molecule has 25 heavy (non-hydrogen) atoms. The number of methoxy groups -OCH3 is 1. The summed E-state index contributed by atoms with van der Waals surface area (Å²) >= 11 is 12.5. The van der Waals surface area contributed by atoms with Crippen LogP contribution in [-0.4, -0.2) is 22.8 Å². The predicted molar refractivity (Wildman–Crippen MR) is 101 cm³/mol. The Kier molecular flexibility index (Phi) is 5.02. The van der Waals surface area contributed by atoms with Crippen LogP contribution in [0.15, 0.2) is 48.5 Å². The van der Waals surface area contributed by atoms with E-state index in [0.717, 1.165) is 22.5 Å². The number of benzene rings is 2. The average Bonchev–Trinajstić information content (AvgIpc) is 2.86. The lowest BCUT2D eigenvalue weighted by Gasteiger charge is -2.08. The van der Waals surface area contributed by atoms with E-state index in [1.807, 2.05) is 47.0 Å². The first-order valence-corrected chi connectivity index (χ1v) is 8.26. The first-order chi connectivity index (χ1) is 12.0. The van der Waals surface area contributed by atoms with Crippen LogP contribution in [0, 0.1) is 0 Å². The highest BCUT2D eigenvalue weighted by atomic mass is 35.5. The SMILES string of the molecule is COc1ccc2c(c1)c(/C=C/C(=O)O)c(Cl)n2Cc1ccc(Cl)cc1. The summed E-state index contributed by atoms with van der Waals surface area (Å²) < 4.78 is 7.21. The lowest BCUT2D eigenvalue weighted by atomic mass is 10.1. The number of carbonyl (C=O) groups is 1. The quantitative estimate of drug-likeness (QED) is 0.630. The fourth-order valence-electron chi connectivity index (χ4n) is 2.70. The molecule has 1 heterocycles. The van der Waals surface area contributed by atoms with E-state index < -0.39 is 5.97 Å². The van der Waals surface area contributed by atoms with Crippen LogP contribution in [0.25, 0.3) is 17.0 Å². The fourth-order valence-corrected chi connectivity index (χ4v) is 3.14. The molecule has 3 aromatic rings. The van der Waals surface area contributed by atoms with Gasteiger partial charge in [-0.2, -0.15) is 0 Å². The van der Waals surface area contributed by atoms with Gasteiger partial charge < -0.3 is 14.4 Å². The monoisotopic (exact) mass is 375 g/mol. The first kappa shape index (κ1) is 17.4. The van der Waals surface area contributed by atoms with Crippen LogP contribution >= 0.6 is 23.2 Å². The van der Waals surface area contributed by atoms with Crippen LogP contribution < -0.4 is 4.74 Å². The Bertz CT molecular complexity index is 959. The van der Waals surface area contributed by atoms with Crippen molar-refractivity contribution in [2.24, 2.45) is 0 Å². The maximum atomic E-state index is 10.9. The van der Waals surface area contributed by atoms with Crippen LogP contribution in [0.4, 0.5) is 0 Å². The van der Waals surface area contributed by atoms with Gasteiger partial charge in [-0.3, -0.25) is 0 Å². The van der Waals surface area contributed by atoms with E-state index in [1.54, 1.807) is 7.11 Å². The van der Waals surface area contributed by atoms with Crippen LogP contribution in [-0.2, 0) is 11.3 Å². The zero-order valence-corrected chi connectivity index (χ0v) is 14.9. The minimum Gasteiger partial charge on any atom is -0.497 e. The zero-order valence-electron chi connectivity index (χ0n) is 13.4. The van der Waals surface area contributed by atoms with Crippen molar-refractivity contribution in [2.45, 2.75) is 6.54 Å². The number of hydrogen-bond donors (Lipinski definition) is 1. The molecule has 0 saturated carbocycles. The van der Waals surface area contributed by atoms with E-state index >= 15 is 0 Å². The Morgan fingerprint density at radius 2 is 1.92 bits per heavy atom. The Morgan fingerprint density at radius 3 is 2.56 bits per heavy atom. The van der Waals surface area contributed by atoms with Crippen molar-refractivity contribution in [1.29, 1.82) is 0 Å². The molecule has 1 aromatic heterocycles. The summed E-state index contributed by atoms with van der Waals surface area (Å²) in [6, 6.07) is 13.1. The third kappa shape index (κ3) is 3.65. The van der Waals surface area contributed by atoms with Crippen molar-refractivity contribution >= 4 is 46.2 Å². The van der Waals surface area contributed by atoms with Gasteiger partial charge in [0.15, 0.2) is 0 Å². The van der Waals surface area contributed by atoms with Gasteiger partial charge in [-0.1, -0.05) is 35.3 Å². The van der Waals surface area contributed by atoms with Crippen LogP contribution in [0.3, 0.4) is 0 Å². The molecule has 0 saturated heterocycles. The number of rotatable bonds is 5. The molecule has 0 aliphatic rings. The highest BCUT2D eigenvalue weighted by Crippen LogP contribution is 2.34. The third-order valence-electron chi connectivity index (χ3n) is 3.89. The van der Waals surface area contributed by atoms with Crippen LogP contribution in [0.1, 0.15) is 11.1 Å². The van der Waals surface area contributed by atoms with Crippen molar-refractivity contribution in [3.8, 4) is 5.75 Å². The Balaban J connectivity index is 2.15. The standard InChI is InChI=1S/C19H15Cl2NO3/c1-25-14-6-8-17-16(10-14)15(7-9-18(23)24)19(21)22(17)11-12-2-4-13(20)5-3-12/h2-10H,11H2,1H3,(H,23,24)/b9-7+. The summed E-state index contributed by atoms with van der Waals surface area (Å²) in [4.78, 5) is 10.9. The van der Waals surface area contributed by atoms with Crippen LogP contribution in [0.2, 0.25) is 10.2 Å². The van der Waals surface area contributed by atoms with Crippen molar-refractivity contribution in [1.82, 2.24) is 4.57 Å². The second kappa shape index (κ2) is 7.21. The minimum absolute atomic E-state index is 0.468. The number of carboxylic acid groups (broad SMARTS) is 1. The lowest BCUT2D eigenvalue weighted by Crippen LogP contribution is -1.99. The van der Waals surface area contributed by atoms with Crippen LogP contribution in [0.5, 0.6) is 5.75 Å². The molecule has 0 amide bonds. The summed E-state index contributed by atoms with van der Waals surface area (Å²) in [6.07, 6.45) is 2.58. The number of hydrogen-bond acceptors (Lipinski definition) is 2. The molecule has 4 nitrogen and oxygen atoms in total. The van der Waals surface area contributed by atoms with Gasteiger partial charge in [0, 0.05) is 28.6 Å². The van der Waals surface area contributed by atoms with Crippen molar-refractivity contribution < 1.29 is 14.6 Å². The normalized spacial score (nSPS) is 11.3. The molecule has 1 N–H and O–H groups in total. The van der Waals surface area contributed by atoms with Gasteiger partial charge in [-0.25, -0.2) is 4.79 Å². The van der Waals surface area contributed by atoms with Gasteiger partial charge in [0.1, 0.15) is 10.9 Å². The number of halogens is 2. The van der Waals surface area contributed by atoms with E-state index in [0.29, 0.717) is 28.0 Å². The molecule has 0 fully saturated rings. The highest BCUT2D eigenvalue weighted by Gasteiger charge is 2.15. The molecule has 0 bridgehead atoms. The number of ether oxygens (including phenoxy) is 1. The molecule has 0 atom stereocenters. The summed E-state index contributed by atoms with van der Waals surface area (Å²) in [6.45, 7) is 0.541. The maximum Gasteiger partial charge on any atom is 0.328 e. The number of nitrogens with zero attached hydrogens (tertiary/aromatic N) is 1.